The number of pyridine rings is 1. The molecule has 0 aliphatic carbocycles. The van der Waals surface area contributed by atoms with E-state index in [1.807, 2.05) is 41.5 Å². The summed E-state index contributed by atoms with van der Waals surface area (Å²) in [6.07, 6.45) is 5.55. The summed E-state index contributed by atoms with van der Waals surface area (Å²) in [7, 11) is 1.91. The van der Waals surface area contributed by atoms with Gasteiger partial charge in [-0.15, -0.1) is 23.1 Å². The number of aromatic nitrogens is 4. The highest BCUT2D eigenvalue weighted by Gasteiger charge is 2.53. The summed E-state index contributed by atoms with van der Waals surface area (Å²) in [5.41, 5.74) is 1.11. The van der Waals surface area contributed by atoms with E-state index in [1.165, 1.54) is 34.9 Å². The summed E-state index contributed by atoms with van der Waals surface area (Å²) in [5.74, 6) is -2.75. The maximum Gasteiger partial charge on any atom is 0.278 e. The molecule has 3 aromatic heterocycles. The van der Waals surface area contributed by atoms with Gasteiger partial charge in [0.15, 0.2) is 28.1 Å². The fraction of sp³-hybridized carbons (Fsp3) is 0.208. The lowest BCUT2D eigenvalue weighted by Gasteiger charge is -2.50. The van der Waals surface area contributed by atoms with Crippen LogP contribution in [-0.2, 0) is 37.6 Å². The summed E-state index contributed by atoms with van der Waals surface area (Å²) in [6, 6.07) is 2.82. The number of thioether (sulfide) groups is 2. The van der Waals surface area contributed by atoms with Crippen molar-refractivity contribution < 1.29 is 33.6 Å². The molecule has 5 heterocycles. The van der Waals surface area contributed by atoms with Crippen LogP contribution >= 0.6 is 46.4 Å². The predicted octanol–water partition coefficient (Wildman–Crippen LogP) is 0.628. The molecule has 0 saturated carbocycles. The van der Waals surface area contributed by atoms with Gasteiger partial charge in [0.2, 0.25) is 11.5 Å². The number of rotatable bonds is 12. The molecule has 5 rings (SSSR count). The van der Waals surface area contributed by atoms with Gasteiger partial charge in [0.1, 0.15) is 31.3 Å². The maximum atomic E-state index is 13.2. The lowest BCUT2D eigenvalue weighted by atomic mass is 10.0. The van der Waals surface area contributed by atoms with Gasteiger partial charge in [0.25, 0.3) is 11.8 Å². The van der Waals surface area contributed by atoms with Crippen LogP contribution in [0.15, 0.2) is 62.8 Å². The molecule has 2 atom stereocenters. The van der Waals surface area contributed by atoms with E-state index < -0.39 is 29.2 Å². The first-order chi connectivity index (χ1) is 20.3. The Bertz CT molecular complexity index is 1620. The van der Waals surface area contributed by atoms with E-state index in [1.54, 1.807) is 0 Å². The molecule has 2 amide bonds. The van der Waals surface area contributed by atoms with Crippen molar-refractivity contribution in [1.29, 1.82) is 5.41 Å². The number of hydrogen-bond donors (Lipinski definition) is 2. The number of fused-ring (bicyclic) bond motifs is 1. The fourth-order valence-corrected chi connectivity index (χ4v) is 7.90. The minimum Gasteiger partial charge on any atom is -0.543 e. The number of ether oxygens (including phenoxy) is 1. The van der Waals surface area contributed by atoms with Gasteiger partial charge < -0.3 is 24.8 Å². The number of hydrogen-bond acceptors (Lipinski definition) is 15. The van der Waals surface area contributed by atoms with Crippen LogP contribution in [0.3, 0.4) is 0 Å². The average Bonchev–Trinajstić information content (AvgIpc) is 3.65. The van der Waals surface area contributed by atoms with Crippen molar-refractivity contribution >= 4 is 76.3 Å². The molecular formula is C24H20N8O6S4. The van der Waals surface area contributed by atoms with Crippen molar-refractivity contribution in [1.82, 2.24) is 24.6 Å². The standard InChI is InChI=1S/C24H20N8O6S4/c1-3-38-29-16(19-27-15(42-30-19)8-37-11-25)20(33)28-17-21(34)32-18(23(35)36)14(10-39-22(17)32)41-24-26-13(9-40-24)12-4-6-31(2)7-5-12/h3-7,9,11,17,22,25H,1,8,10H2,2H3,(H-,28,33,35,36)/b25-11?,29-16-/t17-,22-/m1/s1. The molecule has 1 saturated heterocycles. The van der Waals surface area contributed by atoms with Crippen LogP contribution in [0.1, 0.15) is 10.8 Å². The number of aliphatic carboxylic acids is 1. The Morgan fingerprint density at radius 1 is 1.38 bits per heavy atom. The molecule has 3 aromatic rings. The quantitative estimate of drug-likeness (QED) is 0.0703. The van der Waals surface area contributed by atoms with Crippen LogP contribution in [-0.4, -0.2) is 66.3 Å². The van der Waals surface area contributed by atoms with E-state index in [4.69, 9.17) is 15.0 Å². The lowest BCUT2D eigenvalue weighted by Crippen LogP contribution is -2.71. The van der Waals surface area contributed by atoms with Gasteiger partial charge in [-0.1, -0.05) is 23.5 Å². The third-order valence-corrected chi connectivity index (χ3v) is 9.95. The van der Waals surface area contributed by atoms with Crippen molar-refractivity contribution in [3.05, 3.63) is 64.2 Å². The fourth-order valence-electron chi connectivity index (χ4n) is 3.88. The highest BCUT2D eigenvalue weighted by Crippen LogP contribution is 2.45. The second-order valence-electron chi connectivity index (χ2n) is 8.43. The van der Waals surface area contributed by atoms with E-state index in [0.717, 1.165) is 40.4 Å². The number of nitrogens with zero attached hydrogens (tertiary/aromatic N) is 6. The van der Waals surface area contributed by atoms with Gasteiger partial charge in [-0.05, 0) is 11.5 Å². The molecular weight excluding hydrogens is 625 g/mol. The SMILES string of the molecule is C=CO/N=C(\C(=O)N[C@@H]1C(=O)N2C(C(=O)[O-])=C(Sc3nc(-c4cc[n+](C)cc4)cs3)CS[C@H]12)c1nsc(COC=N)n1. The largest absolute Gasteiger partial charge is 0.543 e. The number of thiazole rings is 1. The molecule has 2 N–H and O–H groups in total. The Morgan fingerprint density at radius 2 is 2.17 bits per heavy atom. The highest BCUT2D eigenvalue weighted by molar-refractivity contribution is 8.07. The van der Waals surface area contributed by atoms with Gasteiger partial charge in [-0.25, -0.2) is 14.5 Å². The molecule has 42 heavy (non-hydrogen) atoms. The third kappa shape index (κ3) is 6.06. The molecule has 18 heteroatoms. The van der Waals surface area contributed by atoms with Crippen LogP contribution in [0.4, 0.5) is 0 Å². The average molecular weight is 645 g/mol. The predicted molar refractivity (Wildman–Crippen MR) is 153 cm³/mol. The van der Waals surface area contributed by atoms with E-state index in [9.17, 15) is 19.5 Å². The number of carbonyl (C=O) groups excluding carboxylic acids is 3. The highest BCUT2D eigenvalue weighted by atomic mass is 32.2. The second-order valence-corrected chi connectivity index (χ2v) is 12.6. The first kappa shape index (κ1) is 29.4. The second kappa shape index (κ2) is 12.8. The summed E-state index contributed by atoms with van der Waals surface area (Å²) in [6.45, 7) is 3.36. The molecule has 0 aromatic carbocycles. The molecule has 0 radical (unpaired) electrons. The summed E-state index contributed by atoms with van der Waals surface area (Å²) < 4.78 is 11.5. The van der Waals surface area contributed by atoms with Crippen molar-refractivity contribution in [3.8, 4) is 11.3 Å². The number of amides is 2. The van der Waals surface area contributed by atoms with Crippen LogP contribution in [0.25, 0.3) is 11.3 Å². The molecule has 216 valence electrons. The Balaban J connectivity index is 1.31. The summed E-state index contributed by atoms with van der Waals surface area (Å²) in [5, 5.41) is 27.0. The number of carboxylic acids is 1. The molecule has 2 aliphatic rings. The minimum absolute atomic E-state index is 0.0285. The number of aryl methyl sites for hydroxylation is 1. The summed E-state index contributed by atoms with van der Waals surface area (Å²) >= 11 is 4.77. The van der Waals surface area contributed by atoms with E-state index >= 15 is 0 Å². The first-order valence-electron chi connectivity index (χ1n) is 11.9. The van der Waals surface area contributed by atoms with Gasteiger partial charge in [0.05, 0.1) is 17.4 Å². The zero-order chi connectivity index (χ0) is 29.8. The Hall–Kier alpha value is -4.13. The van der Waals surface area contributed by atoms with Crippen molar-refractivity contribution in [3.63, 3.8) is 0 Å². The molecule has 14 nitrogen and oxygen atoms in total. The first-order valence-corrected chi connectivity index (χ1v) is 15.4. The maximum absolute atomic E-state index is 13.2. The van der Waals surface area contributed by atoms with E-state index in [0.29, 0.717) is 14.3 Å². The normalized spacial score (nSPS) is 18.2. The topological polar surface area (TPSA) is 187 Å². The molecule has 0 spiro atoms. The van der Waals surface area contributed by atoms with Crippen molar-refractivity contribution in [2.45, 2.75) is 22.4 Å². The van der Waals surface area contributed by atoms with E-state index in [-0.39, 0.29) is 29.6 Å². The van der Waals surface area contributed by atoms with Crippen molar-refractivity contribution in [2.75, 3.05) is 5.75 Å². The number of oxime groups is 1. The third-order valence-electron chi connectivity index (χ3n) is 5.78. The van der Waals surface area contributed by atoms with Crippen LogP contribution < -0.4 is 15.0 Å². The number of β-lactam (4-membered cyclic amide) rings is 1. The molecule has 2 aliphatic heterocycles. The number of nitrogens with one attached hydrogen (secondary N) is 2. The smallest absolute Gasteiger partial charge is 0.278 e. The Labute approximate surface area is 254 Å². The monoisotopic (exact) mass is 644 g/mol. The van der Waals surface area contributed by atoms with Gasteiger partial charge in [0, 0.05) is 33.7 Å². The minimum atomic E-state index is -1.50. The van der Waals surface area contributed by atoms with Gasteiger partial charge in [-0.3, -0.25) is 19.9 Å². The van der Waals surface area contributed by atoms with Gasteiger partial charge >= 0.3 is 0 Å². The van der Waals surface area contributed by atoms with Crippen molar-refractivity contribution in [2.24, 2.45) is 12.2 Å². The molecule has 0 unspecified atom stereocenters. The molecule has 1 fully saturated rings. The van der Waals surface area contributed by atoms with Crippen LogP contribution in [0.2, 0.25) is 0 Å². The zero-order valence-corrected chi connectivity index (χ0v) is 24.8. The Morgan fingerprint density at radius 3 is 2.88 bits per heavy atom. The summed E-state index contributed by atoms with van der Waals surface area (Å²) in [4.78, 5) is 53.6. The van der Waals surface area contributed by atoms with Gasteiger partial charge in [-0.2, -0.15) is 4.37 Å². The number of carboxylic acid groups (broad SMARTS) is 1. The number of carbonyl (C=O) groups is 3. The van der Waals surface area contributed by atoms with Crippen LogP contribution in [0.5, 0.6) is 0 Å². The van der Waals surface area contributed by atoms with E-state index in [2.05, 4.69) is 31.4 Å². The zero-order valence-electron chi connectivity index (χ0n) is 21.6. The molecule has 0 bridgehead atoms. The lowest BCUT2D eigenvalue weighted by molar-refractivity contribution is -0.671. The Kier molecular flexibility index (Phi) is 8.95. The van der Waals surface area contributed by atoms with Crippen LogP contribution in [0, 0.1) is 5.41 Å².